The molecule has 2 nitrogen and oxygen atoms in total. The largest absolute Gasteiger partial charge is 0.325 e. The summed E-state index contributed by atoms with van der Waals surface area (Å²) in [6, 6.07) is 44.2. The van der Waals surface area contributed by atoms with E-state index in [2.05, 4.69) is 140 Å². The van der Waals surface area contributed by atoms with Crippen molar-refractivity contribution in [1.82, 2.24) is 4.90 Å². The van der Waals surface area contributed by atoms with Crippen LogP contribution in [0.3, 0.4) is 0 Å². The van der Waals surface area contributed by atoms with Gasteiger partial charge in [-0.1, -0.05) is 121 Å². The molecule has 2 N–H and O–H groups in total. The molecule has 0 unspecified atom stereocenters. The average Bonchev–Trinajstić information content (AvgIpc) is 2.95. The Morgan fingerprint density at radius 1 is 0.615 bits per heavy atom. The Bertz CT molecular complexity index is 1150. The van der Waals surface area contributed by atoms with Crippen LogP contribution in [0.4, 0.5) is 0 Å². The van der Waals surface area contributed by atoms with E-state index in [1.807, 2.05) is 0 Å². The molecule has 0 atom stereocenters. The molecule has 1 aliphatic heterocycles. The lowest BCUT2D eigenvalue weighted by molar-refractivity contribution is 0.105. The summed E-state index contributed by atoms with van der Waals surface area (Å²) in [7, 11) is 0. The topological polar surface area (TPSA) is 29.3 Å². The SMILES string of the molecule is CC(C)(N)C1(c2ccccc2)CCN(CCC(c2ccccc2)(c2ccccc2)c2ccccc2)CC1.Cl.Cl. The first-order valence-corrected chi connectivity index (χ1v) is 13.7. The third-order valence-corrected chi connectivity index (χ3v) is 8.87. The zero-order valence-electron chi connectivity index (χ0n) is 23.1. The fourth-order valence-electron chi connectivity index (χ4n) is 6.65. The van der Waals surface area contributed by atoms with E-state index in [-0.39, 0.29) is 41.2 Å². The Hall–Kier alpha value is -2.62. The number of rotatable bonds is 8. The third kappa shape index (κ3) is 6.10. The monoisotopic (exact) mass is 560 g/mol. The number of halogens is 2. The minimum absolute atomic E-state index is 0. The van der Waals surface area contributed by atoms with Gasteiger partial charge in [0.05, 0.1) is 0 Å². The molecule has 4 aromatic carbocycles. The van der Waals surface area contributed by atoms with E-state index < -0.39 is 0 Å². The molecule has 1 aliphatic rings. The summed E-state index contributed by atoms with van der Waals surface area (Å²) in [6.45, 7) is 7.57. The maximum Gasteiger partial charge on any atom is 0.0463 e. The van der Waals surface area contributed by atoms with Gasteiger partial charge in [-0.3, -0.25) is 0 Å². The molecule has 0 bridgehead atoms. The van der Waals surface area contributed by atoms with Crippen molar-refractivity contribution in [2.45, 2.75) is 49.5 Å². The highest BCUT2D eigenvalue weighted by Gasteiger charge is 2.46. The smallest absolute Gasteiger partial charge is 0.0463 e. The summed E-state index contributed by atoms with van der Waals surface area (Å²) < 4.78 is 0. The van der Waals surface area contributed by atoms with Gasteiger partial charge in [0.15, 0.2) is 0 Å². The second-order valence-corrected chi connectivity index (χ2v) is 11.3. The van der Waals surface area contributed by atoms with E-state index in [9.17, 15) is 0 Å². The second-order valence-electron chi connectivity index (χ2n) is 11.3. The van der Waals surface area contributed by atoms with Crippen molar-refractivity contribution in [2.24, 2.45) is 5.73 Å². The average molecular weight is 562 g/mol. The second kappa shape index (κ2) is 13.2. The van der Waals surface area contributed by atoms with Crippen LogP contribution in [0.15, 0.2) is 121 Å². The molecule has 1 saturated heterocycles. The normalized spacial score (nSPS) is 15.6. The van der Waals surface area contributed by atoms with Crippen molar-refractivity contribution in [1.29, 1.82) is 0 Å². The van der Waals surface area contributed by atoms with Crippen LogP contribution in [-0.4, -0.2) is 30.1 Å². The van der Waals surface area contributed by atoms with Crippen LogP contribution in [0.2, 0.25) is 0 Å². The van der Waals surface area contributed by atoms with Crippen molar-refractivity contribution >= 4 is 24.8 Å². The first kappa shape index (κ1) is 30.9. The van der Waals surface area contributed by atoms with Gasteiger partial charge in [-0.15, -0.1) is 24.8 Å². The standard InChI is InChI=1S/C35H40N2.2ClH/c1-33(2,36)34(29-15-7-3-8-16-29)23-26-37(27-24-34)28-25-35(30-17-9-4-10-18-30,31-19-11-5-12-20-31)32-21-13-6-14-22-32;;/h3-22H,23-28,36H2,1-2H3;2*1H. The highest BCUT2D eigenvalue weighted by Crippen LogP contribution is 2.45. The Morgan fingerprint density at radius 2 is 0.974 bits per heavy atom. The minimum Gasteiger partial charge on any atom is -0.325 e. The van der Waals surface area contributed by atoms with E-state index >= 15 is 0 Å². The highest BCUT2D eigenvalue weighted by molar-refractivity contribution is 5.85. The fourth-order valence-corrected chi connectivity index (χ4v) is 6.65. The molecule has 206 valence electrons. The molecule has 1 fully saturated rings. The van der Waals surface area contributed by atoms with Crippen molar-refractivity contribution in [3.05, 3.63) is 144 Å². The molecule has 0 radical (unpaired) electrons. The number of likely N-dealkylation sites (tertiary alicyclic amines) is 1. The summed E-state index contributed by atoms with van der Waals surface area (Å²) in [6.07, 6.45) is 3.18. The Labute approximate surface area is 247 Å². The predicted molar refractivity (Wildman–Crippen MR) is 170 cm³/mol. The maximum atomic E-state index is 6.88. The van der Waals surface area contributed by atoms with Gasteiger partial charge in [-0.2, -0.15) is 0 Å². The summed E-state index contributed by atoms with van der Waals surface area (Å²) in [4.78, 5) is 2.66. The molecule has 0 saturated carbocycles. The molecule has 0 aliphatic carbocycles. The minimum atomic E-state index is -0.275. The number of piperidine rings is 1. The number of nitrogens with two attached hydrogens (primary N) is 1. The summed E-state index contributed by atoms with van der Waals surface area (Å²) in [5.41, 5.74) is 11.8. The number of hydrogen-bond donors (Lipinski definition) is 1. The van der Waals surface area contributed by atoms with Crippen LogP contribution < -0.4 is 5.73 Å². The molecule has 4 aromatic rings. The third-order valence-electron chi connectivity index (χ3n) is 8.87. The molecule has 1 heterocycles. The van der Waals surface area contributed by atoms with Crippen molar-refractivity contribution in [2.75, 3.05) is 19.6 Å². The van der Waals surface area contributed by atoms with E-state index in [1.165, 1.54) is 22.3 Å². The zero-order valence-corrected chi connectivity index (χ0v) is 24.8. The van der Waals surface area contributed by atoms with Crippen LogP contribution in [0.25, 0.3) is 0 Å². The quantitative estimate of drug-likeness (QED) is 0.221. The molecular formula is C35H42Cl2N2. The summed E-state index contributed by atoms with van der Waals surface area (Å²) >= 11 is 0. The molecule has 0 amide bonds. The molecule has 0 aromatic heterocycles. The first-order valence-electron chi connectivity index (χ1n) is 13.7. The summed E-state index contributed by atoms with van der Waals surface area (Å²) in [5.74, 6) is 0. The lowest BCUT2D eigenvalue weighted by Gasteiger charge is -2.50. The van der Waals surface area contributed by atoms with E-state index in [0.717, 1.165) is 38.9 Å². The van der Waals surface area contributed by atoms with Crippen molar-refractivity contribution in [3.63, 3.8) is 0 Å². The molecule has 4 heteroatoms. The van der Waals surface area contributed by atoms with Gasteiger partial charge in [0.2, 0.25) is 0 Å². The molecular weight excluding hydrogens is 519 g/mol. The van der Waals surface area contributed by atoms with Crippen LogP contribution in [0, 0.1) is 0 Å². The summed E-state index contributed by atoms with van der Waals surface area (Å²) in [5, 5.41) is 0. The van der Waals surface area contributed by atoms with Crippen LogP contribution in [-0.2, 0) is 10.8 Å². The van der Waals surface area contributed by atoms with Crippen LogP contribution >= 0.6 is 24.8 Å². The van der Waals surface area contributed by atoms with Gasteiger partial charge < -0.3 is 10.6 Å². The van der Waals surface area contributed by atoms with Gasteiger partial charge in [-0.05, 0) is 75.0 Å². The maximum absolute atomic E-state index is 6.88. The highest BCUT2D eigenvalue weighted by atomic mass is 35.5. The van der Waals surface area contributed by atoms with Crippen molar-refractivity contribution < 1.29 is 0 Å². The number of benzene rings is 4. The van der Waals surface area contributed by atoms with E-state index in [0.29, 0.717) is 0 Å². The molecule has 5 rings (SSSR count). The lowest BCUT2D eigenvalue weighted by atomic mass is 9.61. The van der Waals surface area contributed by atoms with E-state index in [1.54, 1.807) is 0 Å². The lowest BCUT2D eigenvalue weighted by Crippen LogP contribution is -2.59. The van der Waals surface area contributed by atoms with Crippen LogP contribution in [0.5, 0.6) is 0 Å². The Morgan fingerprint density at radius 3 is 1.33 bits per heavy atom. The van der Waals surface area contributed by atoms with Crippen LogP contribution in [0.1, 0.15) is 55.4 Å². The van der Waals surface area contributed by atoms with Gasteiger partial charge >= 0.3 is 0 Å². The number of nitrogens with zero attached hydrogens (tertiary/aromatic N) is 1. The molecule has 0 spiro atoms. The van der Waals surface area contributed by atoms with Gasteiger partial charge in [0, 0.05) is 16.4 Å². The molecule has 39 heavy (non-hydrogen) atoms. The van der Waals surface area contributed by atoms with Crippen molar-refractivity contribution in [3.8, 4) is 0 Å². The Kier molecular flexibility index (Phi) is 10.4. The zero-order chi connectivity index (χ0) is 25.8. The van der Waals surface area contributed by atoms with Gasteiger partial charge in [0.25, 0.3) is 0 Å². The Balaban J connectivity index is 0.00000210. The van der Waals surface area contributed by atoms with E-state index in [4.69, 9.17) is 5.73 Å². The van der Waals surface area contributed by atoms with Gasteiger partial charge in [-0.25, -0.2) is 0 Å². The van der Waals surface area contributed by atoms with Gasteiger partial charge in [0.1, 0.15) is 0 Å². The number of hydrogen-bond acceptors (Lipinski definition) is 2. The fraction of sp³-hybridized carbons (Fsp3) is 0.314. The first-order chi connectivity index (χ1) is 18.0. The predicted octanol–water partition coefficient (Wildman–Crippen LogP) is 8.03.